The molecule has 88 valence electrons. The molecule has 0 saturated heterocycles. The summed E-state index contributed by atoms with van der Waals surface area (Å²) >= 11 is 7.07. The highest BCUT2D eigenvalue weighted by Crippen LogP contribution is 2.21. The Balaban J connectivity index is 2.51. The Morgan fingerprint density at radius 1 is 1.81 bits per heavy atom. The van der Waals surface area contributed by atoms with E-state index >= 15 is 0 Å². The summed E-state index contributed by atoms with van der Waals surface area (Å²) < 4.78 is 0. The Morgan fingerprint density at radius 3 is 3.00 bits per heavy atom. The van der Waals surface area contributed by atoms with Gasteiger partial charge in [0.1, 0.15) is 10.7 Å². The van der Waals surface area contributed by atoms with Crippen molar-refractivity contribution in [3.63, 3.8) is 0 Å². The topological polar surface area (TPSA) is 87.7 Å². The number of nitrogens with two attached hydrogens (primary N) is 1. The quantitative estimate of drug-likeness (QED) is 0.332. The number of amides is 1. The zero-order chi connectivity index (χ0) is 12.1. The first-order valence-corrected chi connectivity index (χ1v) is 5.80. The summed E-state index contributed by atoms with van der Waals surface area (Å²) in [5.41, 5.74) is 5.38. The SMILES string of the molecule is CC(CNC(=O)c1sccc1Cl)/C(N)=N/O. The van der Waals surface area contributed by atoms with Crippen LogP contribution in [0.4, 0.5) is 0 Å². The van der Waals surface area contributed by atoms with E-state index in [0.717, 1.165) is 0 Å². The largest absolute Gasteiger partial charge is 0.409 e. The number of carbonyl (C=O) groups excluding carboxylic acids is 1. The number of hydrogen-bond acceptors (Lipinski definition) is 4. The molecular weight excluding hydrogens is 250 g/mol. The monoisotopic (exact) mass is 261 g/mol. The van der Waals surface area contributed by atoms with Crippen LogP contribution in [0.3, 0.4) is 0 Å². The fourth-order valence-corrected chi connectivity index (χ4v) is 2.04. The minimum Gasteiger partial charge on any atom is -0.409 e. The number of oxime groups is 1. The third-order valence-corrected chi connectivity index (χ3v) is 3.35. The highest BCUT2D eigenvalue weighted by atomic mass is 35.5. The molecule has 1 rings (SSSR count). The van der Waals surface area contributed by atoms with E-state index in [2.05, 4.69) is 10.5 Å². The van der Waals surface area contributed by atoms with Crippen LogP contribution in [0.2, 0.25) is 5.02 Å². The first-order valence-electron chi connectivity index (χ1n) is 4.55. The van der Waals surface area contributed by atoms with Crippen LogP contribution in [-0.2, 0) is 0 Å². The van der Waals surface area contributed by atoms with E-state index in [1.54, 1.807) is 18.4 Å². The summed E-state index contributed by atoms with van der Waals surface area (Å²) in [5.74, 6) is -0.400. The molecule has 0 radical (unpaired) electrons. The van der Waals surface area contributed by atoms with Crippen molar-refractivity contribution >= 4 is 34.7 Å². The highest BCUT2D eigenvalue weighted by molar-refractivity contribution is 7.12. The van der Waals surface area contributed by atoms with Crippen LogP contribution in [-0.4, -0.2) is 23.5 Å². The zero-order valence-corrected chi connectivity index (χ0v) is 10.2. The number of carbonyl (C=O) groups is 1. The van der Waals surface area contributed by atoms with Gasteiger partial charge in [0.25, 0.3) is 5.91 Å². The van der Waals surface area contributed by atoms with Crippen molar-refractivity contribution in [2.75, 3.05) is 6.54 Å². The first-order chi connectivity index (χ1) is 7.56. The molecule has 0 spiro atoms. The van der Waals surface area contributed by atoms with Crippen LogP contribution in [0, 0.1) is 5.92 Å². The second-order valence-electron chi connectivity index (χ2n) is 3.23. The van der Waals surface area contributed by atoms with E-state index in [1.807, 2.05) is 0 Å². The number of nitrogens with zero attached hydrogens (tertiary/aromatic N) is 1. The second-order valence-corrected chi connectivity index (χ2v) is 4.56. The fourth-order valence-electron chi connectivity index (χ4n) is 0.985. The molecular formula is C9H12ClN3O2S. The van der Waals surface area contributed by atoms with Crippen LogP contribution in [0.5, 0.6) is 0 Å². The molecule has 1 atom stereocenters. The lowest BCUT2D eigenvalue weighted by Gasteiger charge is -2.10. The minimum absolute atomic E-state index is 0.0811. The fraction of sp³-hybridized carbons (Fsp3) is 0.333. The summed E-state index contributed by atoms with van der Waals surface area (Å²) in [7, 11) is 0. The minimum atomic E-state index is -0.252. The van der Waals surface area contributed by atoms with Gasteiger partial charge < -0.3 is 16.3 Å². The van der Waals surface area contributed by atoms with E-state index in [1.165, 1.54) is 11.3 Å². The lowest BCUT2D eigenvalue weighted by atomic mass is 10.1. The highest BCUT2D eigenvalue weighted by Gasteiger charge is 2.14. The van der Waals surface area contributed by atoms with Crippen molar-refractivity contribution in [3.8, 4) is 0 Å². The number of nitrogens with one attached hydrogen (secondary N) is 1. The molecule has 1 aromatic heterocycles. The molecule has 16 heavy (non-hydrogen) atoms. The first kappa shape index (κ1) is 12.8. The van der Waals surface area contributed by atoms with Gasteiger partial charge in [-0.3, -0.25) is 4.79 Å². The van der Waals surface area contributed by atoms with Gasteiger partial charge in [-0.25, -0.2) is 0 Å². The third kappa shape index (κ3) is 3.11. The molecule has 1 amide bonds. The van der Waals surface area contributed by atoms with Crippen LogP contribution in [0.25, 0.3) is 0 Å². The van der Waals surface area contributed by atoms with Crippen molar-refractivity contribution in [2.24, 2.45) is 16.8 Å². The summed E-state index contributed by atoms with van der Waals surface area (Å²) in [6.45, 7) is 2.04. The molecule has 0 aliphatic carbocycles. The van der Waals surface area contributed by atoms with Crippen molar-refractivity contribution in [2.45, 2.75) is 6.92 Å². The van der Waals surface area contributed by atoms with Crippen LogP contribution in [0.1, 0.15) is 16.6 Å². The molecule has 1 heterocycles. The molecule has 0 bridgehead atoms. The Bertz CT molecular complexity index is 405. The van der Waals surface area contributed by atoms with Gasteiger partial charge in [-0.2, -0.15) is 0 Å². The van der Waals surface area contributed by atoms with Gasteiger partial charge >= 0.3 is 0 Å². The summed E-state index contributed by atoms with van der Waals surface area (Å²) in [6.07, 6.45) is 0. The number of thiophene rings is 1. The van der Waals surface area contributed by atoms with Crippen molar-refractivity contribution in [1.82, 2.24) is 5.32 Å². The second kappa shape index (κ2) is 5.72. The van der Waals surface area contributed by atoms with Crippen molar-refractivity contribution in [1.29, 1.82) is 0 Å². The van der Waals surface area contributed by atoms with Gasteiger partial charge in [0.05, 0.1) is 5.02 Å². The maximum absolute atomic E-state index is 11.6. The predicted molar refractivity (Wildman–Crippen MR) is 64.2 cm³/mol. The zero-order valence-electron chi connectivity index (χ0n) is 8.61. The molecule has 0 aromatic carbocycles. The molecule has 1 aromatic rings. The van der Waals surface area contributed by atoms with E-state index in [4.69, 9.17) is 22.5 Å². The summed E-state index contributed by atoms with van der Waals surface area (Å²) in [4.78, 5) is 12.1. The number of amidine groups is 1. The van der Waals surface area contributed by atoms with Gasteiger partial charge in [-0.05, 0) is 11.4 Å². The maximum atomic E-state index is 11.6. The molecule has 7 heteroatoms. The van der Waals surface area contributed by atoms with Gasteiger partial charge in [0.15, 0.2) is 0 Å². The Morgan fingerprint density at radius 2 is 2.50 bits per heavy atom. The summed E-state index contributed by atoms with van der Waals surface area (Å²) in [6, 6.07) is 1.66. The summed E-state index contributed by atoms with van der Waals surface area (Å²) in [5, 5.41) is 16.1. The molecule has 0 saturated carbocycles. The van der Waals surface area contributed by atoms with E-state index in [-0.39, 0.29) is 17.7 Å². The molecule has 0 fully saturated rings. The average Bonchev–Trinajstić information content (AvgIpc) is 2.70. The molecule has 5 nitrogen and oxygen atoms in total. The van der Waals surface area contributed by atoms with Crippen molar-refractivity contribution in [3.05, 3.63) is 21.3 Å². The van der Waals surface area contributed by atoms with Crippen molar-refractivity contribution < 1.29 is 10.0 Å². The van der Waals surface area contributed by atoms with E-state index in [9.17, 15) is 4.79 Å². The predicted octanol–water partition coefficient (Wildman–Crippen LogP) is 1.51. The number of rotatable bonds is 4. The standard InChI is InChI=1S/C9H12ClN3O2S/c1-5(8(11)13-15)4-12-9(14)7-6(10)2-3-16-7/h2-3,5,15H,4H2,1H3,(H2,11,13)(H,12,14). The molecule has 4 N–H and O–H groups in total. The average molecular weight is 262 g/mol. The van der Waals surface area contributed by atoms with E-state index in [0.29, 0.717) is 16.4 Å². The van der Waals surface area contributed by atoms with Crippen LogP contribution >= 0.6 is 22.9 Å². The number of halogens is 1. The molecule has 0 aliphatic rings. The van der Waals surface area contributed by atoms with E-state index < -0.39 is 0 Å². The Kier molecular flexibility index (Phi) is 4.57. The van der Waals surface area contributed by atoms with Gasteiger partial charge in [0.2, 0.25) is 0 Å². The normalized spacial score (nSPS) is 13.5. The smallest absolute Gasteiger partial charge is 0.262 e. The Hall–Kier alpha value is -1.27. The Labute approximate surface area is 102 Å². The van der Waals surface area contributed by atoms with Crippen LogP contribution < -0.4 is 11.1 Å². The third-order valence-electron chi connectivity index (χ3n) is 2.01. The number of hydrogen-bond donors (Lipinski definition) is 3. The maximum Gasteiger partial charge on any atom is 0.262 e. The molecule has 1 unspecified atom stereocenters. The van der Waals surface area contributed by atoms with Gasteiger partial charge in [-0.15, -0.1) is 11.3 Å². The van der Waals surface area contributed by atoms with Gasteiger partial charge in [0, 0.05) is 12.5 Å². The lowest BCUT2D eigenvalue weighted by molar-refractivity contribution is 0.0955. The lowest BCUT2D eigenvalue weighted by Crippen LogP contribution is -2.34. The van der Waals surface area contributed by atoms with Gasteiger partial charge in [-0.1, -0.05) is 23.7 Å². The van der Waals surface area contributed by atoms with Crippen LogP contribution in [0.15, 0.2) is 16.6 Å². The molecule has 0 aliphatic heterocycles.